The van der Waals surface area contributed by atoms with Gasteiger partial charge in [0.15, 0.2) is 5.75 Å². The number of aliphatic hydroxyl groups is 1. The van der Waals surface area contributed by atoms with Gasteiger partial charge in [-0.2, -0.15) is 0 Å². The summed E-state index contributed by atoms with van der Waals surface area (Å²) in [5.74, 6) is -0.491. The zero-order chi connectivity index (χ0) is 16.2. The first kappa shape index (κ1) is 16.4. The number of carbonyl (C=O) groups excluding carboxylic acids is 1. The third kappa shape index (κ3) is 4.27. The quantitative estimate of drug-likeness (QED) is 0.799. The Morgan fingerprint density at radius 1 is 1.27 bits per heavy atom. The lowest BCUT2D eigenvalue weighted by atomic mass is 9.99. The first-order valence-electron chi connectivity index (χ1n) is 6.88. The van der Waals surface area contributed by atoms with Crippen molar-refractivity contribution >= 4 is 11.7 Å². The minimum absolute atomic E-state index is 0.0941. The molecule has 0 atom stereocenters. The van der Waals surface area contributed by atoms with Crippen molar-refractivity contribution in [2.24, 2.45) is 0 Å². The third-order valence-electron chi connectivity index (χ3n) is 3.60. The van der Waals surface area contributed by atoms with E-state index in [4.69, 9.17) is 0 Å². The number of halogens is 3. The lowest BCUT2D eigenvalue weighted by molar-refractivity contribution is -0.274. The summed E-state index contributed by atoms with van der Waals surface area (Å²) in [5.41, 5.74) is -0.799. The highest BCUT2D eigenvalue weighted by Gasteiger charge is 2.35. The van der Waals surface area contributed by atoms with Crippen LogP contribution in [0.25, 0.3) is 0 Å². The normalized spacial score (nSPS) is 17.1. The van der Waals surface area contributed by atoms with Gasteiger partial charge in [0.25, 0.3) is 0 Å². The van der Waals surface area contributed by atoms with Crippen LogP contribution in [0.2, 0.25) is 0 Å². The predicted octanol–water partition coefficient (Wildman–Crippen LogP) is 3.01. The number of para-hydroxylation sites is 2. The molecule has 22 heavy (non-hydrogen) atoms. The second-order valence-electron chi connectivity index (χ2n) is 5.27. The molecule has 5 nitrogen and oxygen atoms in total. The molecule has 0 aliphatic heterocycles. The first-order valence-corrected chi connectivity index (χ1v) is 6.88. The summed E-state index contributed by atoms with van der Waals surface area (Å²) in [7, 11) is 0. The van der Waals surface area contributed by atoms with E-state index in [1.165, 1.54) is 18.2 Å². The van der Waals surface area contributed by atoms with Crippen molar-refractivity contribution in [3.63, 3.8) is 0 Å². The molecule has 1 fully saturated rings. The van der Waals surface area contributed by atoms with Crippen LogP contribution < -0.4 is 15.4 Å². The Balaban J connectivity index is 2.05. The smallest absolute Gasteiger partial charge is 0.404 e. The first-order chi connectivity index (χ1) is 10.3. The van der Waals surface area contributed by atoms with Crippen molar-refractivity contribution in [3.8, 4) is 5.75 Å². The van der Waals surface area contributed by atoms with E-state index in [0.29, 0.717) is 12.8 Å². The van der Waals surface area contributed by atoms with Gasteiger partial charge in [-0.3, -0.25) is 0 Å². The predicted molar refractivity (Wildman–Crippen MR) is 73.6 cm³/mol. The zero-order valence-electron chi connectivity index (χ0n) is 11.7. The van der Waals surface area contributed by atoms with Crippen molar-refractivity contribution in [3.05, 3.63) is 24.3 Å². The van der Waals surface area contributed by atoms with Crippen LogP contribution in [0.1, 0.15) is 25.7 Å². The van der Waals surface area contributed by atoms with Gasteiger partial charge in [0.1, 0.15) is 0 Å². The van der Waals surface area contributed by atoms with E-state index in [1.807, 2.05) is 0 Å². The van der Waals surface area contributed by atoms with E-state index >= 15 is 0 Å². The Hall–Kier alpha value is -1.96. The molecule has 1 aromatic carbocycles. The highest BCUT2D eigenvalue weighted by molar-refractivity contribution is 5.91. The van der Waals surface area contributed by atoms with Gasteiger partial charge in [-0.25, -0.2) is 4.79 Å². The minimum atomic E-state index is -4.84. The number of amides is 2. The summed E-state index contributed by atoms with van der Waals surface area (Å²) in [6, 6.07) is 4.60. The van der Waals surface area contributed by atoms with Crippen molar-refractivity contribution < 1.29 is 27.8 Å². The van der Waals surface area contributed by atoms with E-state index in [1.54, 1.807) is 0 Å². The van der Waals surface area contributed by atoms with Crippen molar-refractivity contribution in [2.45, 2.75) is 37.6 Å². The van der Waals surface area contributed by atoms with Gasteiger partial charge in [-0.05, 0) is 25.0 Å². The zero-order valence-corrected chi connectivity index (χ0v) is 11.7. The van der Waals surface area contributed by atoms with Crippen LogP contribution in [0, 0.1) is 0 Å². The second-order valence-corrected chi connectivity index (χ2v) is 5.27. The van der Waals surface area contributed by atoms with E-state index < -0.39 is 23.7 Å². The van der Waals surface area contributed by atoms with Gasteiger partial charge in [0.05, 0.1) is 17.8 Å². The topological polar surface area (TPSA) is 70.6 Å². The number of alkyl halides is 3. The molecule has 0 spiro atoms. The Labute approximate surface area is 125 Å². The molecule has 1 aromatic rings. The summed E-state index contributed by atoms with van der Waals surface area (Å²) < 4.78 is 40.8. The minimum Gasteiger partial charge on any atom is -0.404 e. The number of benzene rings is 1. The van der Waals surface area contributed by atoms with Crippen LogP contribution in [0.4, 0.5) is 23.7 Å². The average Bonchev–Trinajstić information content (AvgIpc) is 2.88. The third-order valence-corrected chi connectivity index (χ3v) is 3.60. The summed E-state index contributed by atoms with van der Waals surface area (Å²) in [6.45, 7) is -0.207. The summed E-state index contributed by atoms with van der Waals surface area (Å²) in [5, 5.41) is 14.4. The van der Waals surface area contributed by atoms with Crippen molar-refractivity contribution in [1.29, 1.82) is 0 Å². The summed E-state index contributed by atoms with van der Waals surface area (Å²) in [4.78, 5) is 12.0. The lowest BCUT2D eigenvalue weighted by Crippen LogP contribution is -2.50. The molecule has 8 heteroatoms. The van der Waals surface area contributed by atoms with Gasteiger partial charge in [0.2, 0.25) is 0 Å². The molecule has 1 aliphatic rings. The fourth-order valence-corrected chi connectivity index (χ4v) is 2.55. The molecule has 0 saturated heterocycles. The SMILES string of the molecule is O=C(Nc1ccccc1OC(F)(F)F)NC1(CO)CCCC1. The standard InChI is InChI=1S/C14H17F3N2O3/c15-14(16,17)22-11-6-2-1-5-10(11)18-12(21)19-13(9-20)7-3-4-8-13/h1-2,5-6,20H,3-4,7-9H2,(H2,18,19,21). The maximum atomic E-state index is 12.3. The molecule has 122 valence electrons. The van der Waals surface area contributed by atoms with E-state index in [-0.39, 0.29) is 12.3 Å². The van der Waals surface area contributed by atoms with E-state index in [2.05, 4.69) is 15.4 Å². The number of urea groups is 1. The molecule has 0 bridgehead atoms. The molecule has 1 aliphatic carbocycles. The molecular weight excluding hydrogens is 301 g/mol. The Kier molecular flexibility index (Phi) is 4.80. The molecule has 2 amide bonds. The Morgan fingerprint density at radius 3 is 2.50 bits per heavy atom. The van der Waals surface area contributed by atoms with Gasteiger partial charge in [0, 0.05) is 0 Å². The van der Waals surface area contributed by atoms with Crippen LogP contribution in [0.3, 0.4) is 0 Å². The highest BCUT2D eigenvalue weighted by Crippen LogP contribution is 2.31. The largest absolute Gasteiger partial charge is 0.573 e. The summed E-state index contributed by atoms with van der Waals surface area (Å²) in [6.07, 6.45) is -1.80. The number of hydrogen-bond acceptors (Lipinski definition) is 3. The maximum Gasteiger partial charge on any atom is 0.573 e. The van der Waals surface area contributed by atoms with Crippen molar-refractivity contribution in [2.75, 3.05) is 11.9 Å². The number of rotatable bonds is 4. The molecule has 3 N–H and O–H groups in total. The number of aliphatic hydroxyl groups excluding tert-OH is 1. The van der Waals surface area contributed by atoms with Crippen LogP contribution in [0.5, 0.6) is 5.75 Å². The number of carbonyl (C=O) groups is 1. The molecular formula is C14H17F3N2O3. The van der Waals surface area contributed by atoms with Gasteiger partial charge in [-0.15, -0.1) is 13.2 Å². The molecule has 1 saturated carbocycles. The number of anilines is 1. The van der Waals surface area contributed by atoms with Gasteiger partial charge < -0.3 is 20.5 Å². The molecule has 0 aromatic heterocycles. The number of ether oxygens (including phenoxy) is 1. The van der Waals surface area contributed by atoms with Crippen LogP contribution in [-0.4, -0.2) is 29.6 Å². The number of nitrogens with one attached hydrogen (secondary N) is 2. The van der Waals surface area contributed by atoms with Crippen molar-refractivity contribution in [1.82, 2.24) is 5.32 Å². The summed E-state index contributed by atoms with van der Waals surface area (Å²) >= 11 is 0. The molecule has 0 radical (unpaired) electrons. The van der Waals surface area contributed by atoms with E-state index in [9.17, 15) is 23.1 Å². The highest BCUT2D eigenvalue weighted by atomic mass is 19.4. The van der Waals surface area contributed by atoms with Gasteiger partial charge in [-0.1, -0.05) is 25.0 Å². The molecule has 0 heterocycles. The second kappa shape index (κ2) is 6.43. The maximum absolute atomic E-state index is 12.3. The van der Waals surface area contributed by atoms with Gasteiger partial charge >= 0.3 is 12.4 Å². The van der Waals surface area contributed by atoms with Crippen LogP contribution in [-0.2, 0) is 0 Å². The monoisotopic (exact) mass is 318 g/mol. The number of hydrogen-bond donors (Lipinski definition) is 3. The Bertz CT molecular complexity index is 528. The fourth-order valence-electron chi connectivity index (χ4n) is 2.55. The average molecular weight is 318 g/mol. The molecule has 2 rings (SSSR count). The lowest BCUT2D eigenvalue weighted by Gasteiger charge is -2.28. The molecule has 0 unspecified atom stereocenters. The Morgan fingerprint density at radius 2 is 1.91 bits per heavy atom. The van der Waals surface area contributed by atoms with Crippen LogP contribution >= 0.6 is 0 Å². The van der Waals surface area contributed by atoms with E-state index in [0.717, 1.165) is 18.9 Å². The van der Waals surface area contributed by atoms with Crippen LogP contribution in [0.15, 0.2) is 24.3 Å². The fraction of sp³-hybridized carbons (Fsp3) is 0.500.